The second-order valence-electron chi connectivity index (χ2n) is 6.84. The smallest absolute Gasteiger partial charge is 0.287 e. The van der Waals surface area contributed by atoms with E-state index in [4.69, 9.17) is 9.47 Å². The average Bonchev–Trinajstić information content (AvgIpc) is 2.77. The first-order valence-electron chi connectivity index (χ1n) is 9.48. The number of aryl methyl sites for hydroxylation is 1. The number of carbonyl (C=O) groups excluding carboxylic acids is 1. The molecule has 1 aromatic heterocycles. The van der Waals surface area contributed by atoms with Crippen LogP contribution in [-0.2, 0) is 4.79 Å². The largest absolute Gasteiger partial charge is 0.497 e. The van der Waals surface area contributed by atoms with Crippen molar-refractivity contribution in [2.75, 3.05) is 45.3 Å². The Bertz CT molecular complexity index is 968. The van der Waals surface area contributed by atoms with Gasteiger partial charge in [-0.2, -0.15) is 0 Å². The quantitative estimate of drug-likeness (QED) is 0.409. The summed E-state index contributed by atoms with van der Waals surface area (Å²) >= 11 is 0. The van der Waals surface area contributed by atoms with E-state index >= 15 is 0 Å². The number of nitro groups is 1. The van der Waals surface area contributed by atoms with Gasteiger partial charge in [0.1, 0.15) is 23.5 Å². The Morgan fingerprint density at radius 2 is 1.90 bits per heavy atom. The Balaban J connectivity index is 1.63. The molecule has 0 unspecified atom stereocenters. The van der Waals surface area contributed by atoms with Gasteiger partial charge in [-0.25, -0.2) is 4.98 Å². The minimum absolute atomic E-state index is 0.0248. The molecule has 0 N–H and O–H groups in total. The van der Waals surface area contributed by atoms with Crippen LogP contribution in [0, 0.1) is 17.0 Å². The summed E-state index contributed by atoms with van der Waals surface area (Å²) in [7, 11) is 3.16. The van der Waals surface area contributed by atoms with Gasteiger partial charge in [0.2, 0.25) is 5.91 Å². The monoisotopic (exact) mass is 412 g/mol. The highest BCUT2D eigenvalue weighted by Crippen LogP contribution is 2.26. The molecule has 0 bridgehead atoms. The van der Waals surface area contributed by atoms with Crippen molar-refractivity contribution in [2.24, 2.45) is 0 Å². The number of methoxy groups -OCH3 is 2. The lowest BCUT2D eigenvalue weighted by atomic mass is 10.1. The Labute approximate surface area is 174 Å². The number of ether oxygens (including phenoxy) is 2. The third kappa shape index (κ3) is 4.68. The summed E-state index contributed by atoms with van der Waals surface area (Å²) in [6.45, 7) is 4.09. The van der Waals surface area contributed by atoms with Crippen LogP contribution in [0.5, 0.6) is 11.5 Å². The number of pyridine rings is 1. The summed E-state index contributed by atoms with van der Waals surface area (Å²) in [5, 5.41) is 10.9. The lowest BCUT2D eigenvalue weighted by Crippen LogP contribution is -2.48. The van der Waals surface area contributed by atoms with E-state index in [1.54, 1.807) is 44.3 Å². The first-order chi connectivity index (χ1) is 14.4. The molecule has 1 saturated heterocycles. The number of aromatic nitrogens is 1. The van der Waals surface area contributed by atoms with Gasteiger partial charge in [-0.15, -0.1) is 0 Å². The Morgan fingerprint density at radius 3 is 2.50 bits per heavy atom. The van der Waals surface area contributed by atoms with Gasteiger partial charge < -0.3 is 19.3 Å². The zero-order valence-corrected chi connectivity index (χ0v) is 17.2. The maximum Gasteiger partial charge on any atom is 0.287 e. The summed E-state index contributed by atoms with van der Waals surface area (Å²) in [6.07, 6.45) is 4.52. The van der Waals surface area contributed by atoms with Gasteiger partial charge >= 0.3 is 0 Å². The van der Waals surface area contributed by atoms with Crippen LogP contribution >= 0.6 is 0 Å². The molecule has 158 valence electrons. The molecule has 1 fully saturated rings. The zero-order chi connectivity index (χ0) is 21.7. The van der Waals surface area contributed by atoms with Crippen LogP contribution in [0.25, 0.3) is 6.08 Å². The van der Waals surface area contributed by atoms with Crippen molar-refractivity contribution in [1.29, 1.82) is 0 Å². The highest BCUT2D eigenvalue weighted by Gasteiger charge is 2.22. The highest BCUT2D eigenvalue weighted by molar-refractivity contribution is 5.92. The SMILES string of the molecule is COc1ccc(OC)c(/C=C/C(=O)N2CCN(c3ncc([N+](=O)[O-])cc3C)CC2)c1. The minimum Gasteiger partial charge on any atom is -0.497 e. The molecule has 3 rings (SSSR count). The predicted molar refractivity (Wildman–Crippen MR) is 113 cm³/mol. The van der Waals surface area contributed by atoms with Gasteiger partial charge in [0, 0.05) is 43.9 Å². The van der Waals surface area contributed by atoms with Crippen LogP contribution in [0.2, 0.25) is 0 Å². The summed E-state index contributed by atoms with van der Waals surface area (Å²) < 4.78 is 10.6. The van der Waals surface area contributed by atoms with Gasteiger partial charge in [-0.1, -0.05) is 0 Å². The van der Waals surface area contributed by atoms with E-state index < -0.39 is 4.92 Å². The number of benzene rings is 1. The first kappa shape index (κ1) is 21.1. The van der Waals surface area contributed by atoms with E-state index in [9.17, 15) is 14.9 Å². The maximum atomic E-state index is 12.6. The third-order valence-corrected chi connectivity index (χ3v) is 4.98. The number of anilines is 1. The molecular formula is C21H24N4O5. The molecule has 30 heavy (non-hydrogen) atoms. The number of hydrogen-bond acceptors (Lipinski definition) is 7. The van der Waals surface area contributed by atoms with Crippen LogP contribution in [0.3, 0.4) is 0 Å². The average molecular weight is 412 g/mol. The normalized spacial score (nSPS) is 14.1. The topological polar surface area (TPSA) is 98.0 Å². The van der Waals surface area contributed by atoms with Crippen LogP contribution in [0.4, 0.5) is 11.5 Å². The molecule has 0 saturated carbocycles. The molecule has 1 amide bonds. The number of nitrogens with zero attached hydrogens (tertiary/aromatic N) is 4. The van der Waals surface area contributed by atoms with Crippen molar-refractivity contribution >= 4 is 23.5 Å². The summed E-state index contributed by atoms with van der Waals surface area (Å²) in [4.78, 5) is 31.1. The van der Waals surface area contributed by atoms with E-state index in [0.717, 1.165) is 11.1 Å². The molecule has 1 aromatic carbocycles. The lowest BCUT2D eigenvalue weighted by Gasteiger charge is -2.35. The standard InChI is InChI=1S/C21H24N4O5/c1-15-12-17(25(27)28)14-22-21(15)24-10-8-23(9-11-24)20(26)7-4-16-13-18(29-2)5-6-19(16)30-3/h4-7,12-14H,8-11H2,1-3H3/b7-4+. The molecule has 2 heterocycles. The second-order valence-corrected chi connectivity index (χ2v) is 6.84. The fourth-order valence-corrected chi connectivity index (χ4v) is 3.36. The minimum atomic E-state index is -0.454. The predicted octanol–water partition coefficient (Wildman–Crippen LogP) is 2.68. The van der Waals surface area contributed by atoms with Crippen molar-refractivity contribution in [3.8, 4) is 11.5 Å². The second kappa shape index (κ2) is 9.25. The molecule has 0 atom stereocenters. The molecule has 0 spiro atoms. The number of rotatable bonds is 6. The molecule has 0 radical (unpaired) electrons. The van der Waals surface area contributed by atoms with Crippen LogP contribution in [0.1, 0.15) is 11.1 Å². The molecular weight excluding hydrogens is 388 g/mol. The van der Waals surface area contributed by atoms with Crippen LogP contribution < -0.4 is 14.4 Å². The number of piperazine rings is 1. The van der Waals surface area contributed by atoms with E-state index in [0.29, 0.717) is 43.5 Å². The van der Waals surface area contributed by atoms with E-state index in [-0.39, 0.29) is 11.6 Å². The van der Waals surface area contributed by atoms with Crippen LogP contribution in [-0.4, -0.2) is 61.1 Å². The number of carbonyl (C=O) groups is 1. The van der Waals surface area contributed by atoms with Crippen LogP contribution in [0.15, 0.2) is 36.5 Å². The van der Waals surface area contributed by atoms with Crippen molar-refractivity contribution in [3.63, 3.8) is 0 Å². The highest BCUT2D eigenvalue weighted by atomic mass is 16.6. The van der Waals surface area contributed by atoms with Gasteiger partial charge in [0.05, 0.1) is 19.1 Å². The van der Waals surface area contributed by atoms with Crippen molar-refractivity contribution in [2.45, 2.75) is 6.92 Å². The Kier molecular flexibility index (Phi) is 6.51. The summed E-state index contributed by atoms with van der Waals surface area (Å²) in [6, 6.07) is 6.92. The zero-order valence-electron chi connectivity index (χ0n) is 17.2. The fourth-order valence-electron chi connectivity index (χ4n) is 3.36. The Morgan fingerprint density at radius 1 is 1.17 bits per heavy atom. The number of hydrogen-bond donors (Lipinski definition) is 0. The van der Waals surface area contributed by atoms with Crippen molar-refractivity contribution in [3.05, 3.63) is 57.8 Å². The number of amides is 1. The first-order valence-corrected chi connectivity index (χ1v) is 9.48. The fraction of sp³-hybridized carbons (Fsp3) is 0.333. The van der Waals surface area contributed by atoms with E-state index in [1.165, 1.54) is 18.3 Å². The van der Waals surface area contributed by atoms with Gasteiger partial charge in [-0.3, -0.25) is 14.9 Å². The van der Waals surface area contributed by atoms with Gasteiger partial charge in [0.25, 0.3) is 5.69 Å². The van der Waals surface area contributed by atoms with E-state index in [2.05, 4.69) is 4.98 Å². The van der Waals surface area contributed by atoms with Gasteiger partial charge in [0.15, 0.2) is 0 Å². The molecule has 9 nitrogen and oxygen atoms in total. The lowest BCUT2D eigenvalue weighted by molar-refractivity contribution is -0.385. The molecule has 9 heteroatoms. The van der Waals surface area contributed by atoms with Crippen molar-refractivity contribution in [1.82, 2.24) is 9.88 Å². The summed E-state index contributed by atoms with van der Waals surface area (Å²) in [5.74, 6) is 1.96. The van der Waals surface area contributed by atoms with Crippen molar-refractivity contribution < 1.29 is 19.2 Å². The molecule has 2 aromatic rings. The maximum absolute atomic E-state index is 12.6. The Hall–Kier alpha value is -3.62. The molecule has 1 aliphatic rings. The molecule has 0 aliphatic carbocycles. The molecule has 1 aliphatic heterocycles. The van der Waals surface area contributed by atoms with Gasteiger partial charge in [-0.05, 0) is 36.8 Å². The summed E-state index contributed by atoms with van der Waals surface area (Å²) in [5.41, 5.74) is 1.48. The van der Waals surface area contributed by atoms with E-state index in [1.807, 2.05) is 11.0 Å². The third-order valence-electron chi connectivity index (χ3n) is 4.98.